The Bertz CT molecular complexity index is 2940. The molecule has 6 N–H and O–H groups in total. The van der Waals surface area contributed by atoms with Crippen LogP contribution in [0.4, 0.5) is 0 Å². The van der Waals surface area contributed by atoms with E-state index >= 15 is 0 Å². The molecule has 2 aliphatic heterocycles. The van der Waals surface area contributed by atoms with Gasteiger partial charge in [0.1, 0.15) is 5.75 Å². The Balaban J connectivity index is 0.000000543. The van der Waals surface area contributed by atoms with Gasteiger partial charge in [0, 0.05) is 59.4 Å². The van der Waals surface area contributed by atoms with Gasteiger partial charge in [0.15, 0.2) is 0 Å². The number of imide groups is 2. The topological polar surface area (TPSA) is 250 Å². The summed E-state index contributed by atoms with van der Waals surface area (Å²) in [5.41, 5.74) is 16.8. The fourth-order valence-electron chi connectivity index (χ4n) is 7.96. The Labute approximate surface area is 346 Å². The molecule has 4 amide bonds. The summed E-state index contributed by atoms with van der Waals surface area (Å²) in [5, 5.41) is 5.01. The molecule has 8 rings (SSSR count). The van der Waals surface area contributed by atoms with Gasteiger partial charge >= 0.3 is 0 Å². The number of aryl methyl sites for hydroxylation is 1. The molecule has 6 aromatic rings. The molecular weight excluding hydrogens is 815 g/mol. The van der Waals surface area contributed by atoms with Crippen LogP contribution in [0.3, 0.4) is 0 Å². The molecule has 1 aromatic heterocycles. The van der Waals surface area contributed by atoms with E-state index in [0.717, 1.165) is 38.0 Å². The van der Waals surface area contributed by atoms with Crippen LogP contribution in [-0.2, 0) is 27.3 Å². The molecule has 60 heavy (non-hydrogen) atoms. The van der Waals surface area contributed by atoms with E-state index in [1.807, 2.05) is 92.2 Å². The van der Waals surface area contributed by atoms with Crippen LogP contribution >= 0.6 is 0 Å². The van der Waals surface area contributed by atoms with Gasteiger partial charge in [0.2, 0.25) is 0 Å². The fraction of sp³-hybridized carbons (Fsp3) is 0.286. The Morgan fingerprint density at radius 2 is 1.07 bits per heavy atom. The van der Waals surface area contributed by atoms with E-state index in [9.17, 15) is 36.0 Å². The Hall–Kier alpha value is -5.76. The molecule has 0 saturated carbocycles. The molecule has 5 aromatic carbocycles. The molecule has 2 unspecified atom stereocenters. The predicted molar refractivity (Wildman–Crippen MR) is 228 cm³/mol. The number of nitrogens with zero attached hydrogens (tertiary/aromatic N) is 3. The Kier molecular flexibility index (Phi) is 11.9. The molecule has 4 atom stereocenters. The zero-order valence-corrected chi connectivity index (χ0v) is 35.2. The standard InChI is InChI=1S/C40H37N5O5.2CH4O3S/c1-20(18-44-37(46)26-14-12-23-10-9-22-11-13-24(50-4)17-28(22)31(23)33(26)39(44)48)35(41)36(42)21(2)19-45-38(47)27-15-16-30-32(34(27)40(45)49)25-7-5-6-8-29(25)43(30)3;2*1-5(2,3)4/h5-17,20-21,35-36H,18-19,41-42H2,1-4H3;2*1H3,(H,2,3,4)/t20-,21-,35?,36?;;/m1../s1. The van der Waals surface area contributed by atoms with Gasteiger partial charge in [0.05, 0.1) is 41.9 Å². The average molecular weight is 860 g/mol. The number of methoxy groups -OCH3 is 1. The van der Waals surface area contributed by atoms with Crippen molar-refractivity contribution in [1.29, 1.82) is 0 Å². The molecule has 0 spiro atoms. The highest BCUT2D eigenvalue weighted by Gasteiger charge is 2.42. The summed E-state index contributed by atoms with van der Waals surface area (Å²) in [7, 11) is -3.80. The lowest BCUT2D eigenvalue weighted by Crippen LogP contribution is -2.54. The van der Waals surface area contributed by atoms with Crippen molar-refractivity contribution in [1.82, 2.24) is 14.4 Å². The molecule has 2 aliphatic rings. The monoisotopic (exact) mass is 859 g/mol. The predicted octanol–water partition coefficient (Wildman–Crippen LogP) is 4.47. The molecule has 0 radical (unpaired) electrons. The van der Waals surface area contributed by atoms with Gasteiger partial charge in [-0.15, -0.1) is 0 Å². The third-order valence-corrected chi connectivity index (χ3v) is 10.9. The van der Waals surface area contributed by atoms with E-state index in [0.29, 0.717) is 45.9 Å². The van der Waals surface area contributed by atoms with Crippen molar-refractivity contribution in [3.05, 3.63) is 101 Å². The lowest BCUT2D eigenvalue weighted by Gasteiger charge is -2.33. The molecule has 3 heterocycles. The van der Waals surface area contributed by atoms with Crippen molar-refractivity contribution >= 4 is 87.2 Å². The molecular formula is C42H45N5O11S2. The van der Waals surface area contributed by atoms with Crippen LogP contribution in [0, 0.1) is 11.8 Å². The van der Waals surface area contributed by atoms with Crippen molar-refractivity contribution in [3.63, 3.8) is 0 Å². The van der Waals surface area contributed by atoms with Gasteiger partial charge in [0.25, 0.3) is 43.9 Å². The van der Waals surface area contributed by atoms with E-state index in [1.54, 1.807) is 19.2 Å². The number of fused-ring (bicyclic) bond motifs is 10. The first kappa shape index (κ1) is 43.8. The first-order chi connectivity index (χ1) is 28.0. The summed E-state index contributed by atoms with van der Waals surface area (Å²) in [6, 6.07) is 23.3. The van der Waals surface area contributed by atoms with Gasteiger partial charge in [-0.2, -0.15) is 16.8 Å². The van der Waals surface area contributed by atoms with Gasteiger partial charge in [-0.3, -0.25) is 38.1 Å². The maximum Gasteiger partial charge on any atom is 0.262 e. The molecule has 16 nitrogen and oxygen atoms in total. The largest absolute Gasteiger partial charge is 0.497 e. The third kappa shape index (κ3) is 8.47. The minimum absolute atomic E-state index is 0.0651. The van der Waals surface area contributed by atoms with E-state index in [1.165, 1.54) is 9.80 Å². The van der Waals surface area contributed by atoms with Crippen molar-refractivity contribution < 1.29 is 49.9 Å². The number of aromatic nitrogens is 1. The van der Waals surface area contributed by atoms with Crippen LogP contribution in [0.5, 0.6) is 5.75 Å². The number of ether oxygens (including phenoxy) is 1. The third-order valence-electron chi connectivity index (χ3n) is 10.9. The highest BCUT2D eigenvalue weighted by Crippen LogP contribution is 2.39. The number of benzene rings is 5. The number of hydrogen-bond acceptors (Lipinski definition) is 11. The lowest BCUT2D eigenvalue weighted by atomic mass is 9.87. The molecule has 0 fully saturated rings. The van der Waals surface area contributed by atoms with Gasteiger partial charge in [-0.25, -0.2) is 0 Å². The van der Waals surface area contributed by atoms with Crippen molar-refractivity contribution in [2.75, 3.05) is 32.7 Å². The summed E-state index contributed by atoms with van der Waals surface area (Å²) in [6.45, 7) is 3.87. The summed E-state index contributed by atoms with van der Waals surface area (Å²) in [4.78, 5) is 57.7. The Morgan fingerprint density at radius 3 is 1.60 bits per heavy atom. The van der Waals surface area contributed by atoms with Crippen LogP contribution in [0.1, 0.15) is 55.3 Å². The van der Waals surface area contributed by atoms with Crippen LogP contribution in [0.15, 0.2) is 78.9 Å². The number of carbonyl (C=O) groups excluding carboxylic acids is 4. The molecule has 18 heteroatoms. The van der Waals surface area contributed by atoms with Gasteiger partial charge in [-0.1, -0.05) is 56.3 Å². The van der Waals surface area contributed by atoms with Crippen molar-refractivity contribution in [3.8, 4) is 5.75 Å². The van der Waals surface area contributed by atoms with E-state index in [4.69, 9.17) is 25.3 Å². The highest BCUT2D eigenvalue weighted by atomic mass is 32.2. The van der Waals surface area contributed by atoms with E-state index < -0.39 is 32.3 Å². The summed E-state index contributed by atoms with van der Waals surface area (Å²) >= 11 is 0. The second kappa shape index (κ2) is 16.4. The second-order valence-electron chi connectivity index (χ2n) is 15.2. The van der Waals surface area contributed by atoms with Gasteiger partial charge < -0.3 is 20.8 Å². The van der Waals surface area contributed by atoms with E-state index in [2.05, 4.69) is 0 Å². The SMILES string of the molecule is COc1ccc2ccc3ccc4c(c3c2c1)C(=O)N(C[C@@H](C)C(N)C(N)[C@H](C)CN1C(=O)c2ccc3c(c2C1=O)c1ccccc1n3C)C4=O.CS(=O)(=O)O.CS(=O)(=O)O. The van der Waals surface area contributed by atoms with E-state index in [-0.39, 0.29) is 48.6 Å². The van der Waals surface area contributed by atoms with Crippen LogP contribution in [-0.4, -0.2) is 109 Å². The first-order valence-electron chi connectivity index (χ1n) is 18.6. The normalized spacial score (nSPS) is 16.0. The highest BCUT2D eigenvalue weighted by molar-refractivity contribution is 7.85. The quantitative estimate of drug-likeness (QED) is 0.0938. The molecule has 0 saturated heterocycles. The fourth-order valence-corrected chi connectivity index (χ4v) is 7.96. The summed E-state index contributed by atoms with van der Waals surface area (Å²) in [5.74, 6) is -1.56. The molecule has 0 bridgehead atoms. The summed E-state index contributed by atoms with van der Waals surface area (Å²) < 4.78 is 59.2. The lowest BCUT2D eigenvalue weighted by molar-refractivity contribution is 0.0587. The molecule has 0 aliphatic carbocycles. The number of amides is 4. The average Bonchev–Trinajstić information content (AvgIpc) is 3.71. The minimum atomic E-state index is -3.67. The number of carbonyl (C=O) groups is 4. The van der Waals surface area contributed by atoms with Crippen LogP contribution in [0.2, 0.25) is 0 Å². The number of nitrogens with two attached hydrogens (primary N) is 2. The Morgan fingerprint density at radius 1 is 0.617 bits per heavy atom. The first-order valence-corrected chi connectivity index (χ1v) is 22.3. The molecule has 316 valence electrons. The zero-order chi connectivity index (χ0) is 44.2. The maximum absolute atomic E-state index is 14.0. The zero-order valence-electron chi connectivity index (χ0n) is 33.6. The maximum atomic E-state index is 14.0. The minimum Gasteiger partial charge on any atom is -0.497 e. The van der Waals surface area contributed by atoms with Crippen molar-refractivity contribution in [2.24, 2.45) is 30.4 Å². The summed E-state index contributed by atoms with van der Waals surface area (Å²) in [6.07, 6.45) is 1.43. The van der Waals surface area contributed by atoms with Gasteiger partial charge in [-0.05, 0) is 64.4 Å². The smallest absolute Gasteiger partial charge is 0.262 e. The second-order valence-corrected chi connectivity index (χ2v) is 18.1. The van der Waals surface area contributed by atoms with Crippen molar-refractivity contribution in [2.45, 2.75) is 25.9 Å². The number of hydrogen-bond donors (Lipinski definition) is 4. The van der Waals surface area contributed by atoms with Crippen LogP contribution in [0.25, 0.3) is 43.4 Å². The number of rotatable bonds is 8. The number of para-hydroxylation sites is 1. The van der Waals surface area contributed by atoms with Crippen LogP contribution < -0.4 is 16.2 Å².